The molecule has 1 aromatic carbocycles. The van der Waals surface area contributed by atoms with Gasteiger partial charge in [0.25, 0.3) is 5.56 Å². The first kappa shape index (κ1) is 11.9. The summed E-state index contributed by atoms with van der Waals surface area (Å²) in [7, 11) is 1.68. The van der Waals surface area contributed by atoms with Gasteiger partial charge in [-0.25, -0.2) is 0 Å². The predicted molar refractivity (Wildman–Crippen MR) is 78.3 cm³/mol. The largest absolute Gasteiger partial charge is 0.464 e. The van der Waals surface area contributed by atoms with Crippen LogP contribution in [-0.2, 0) is 7.05 Å². The third-order valence-electron chi connectivity index (χ3n) is 3.88. The number of benzene rings is 1. The van der Waals surface area contributed by atoms with Crippen molar-refractivity contribution < 1.29 is 9.21 Å². The Morgan fingerprint density at radius 2 is 1.71 bits per heavy atom. The van der Waals surface area contributed by atoms with Crippen LogP contribution in [0, 0.1) is 0 Å². The van der Waals surface area contributed by atoms with E-state index in [1.54, 1.807) is 25.2 Å². The Hall–Kier alpha value is -2.88. The van der Waals surface area contributed by atoms with E-state index in [4.69, 9.17) is 4.42 Å². The van der Waals surface area contributed by atoms with Crippen LogP contribution < -0.4 is 5.56 Å². The summed E-state index contributed by atoms with van der Waals surface area (Å²) in [5, 5.41) is 0. The molecule has 21 heavy (non-hydrogen) atoms. The van der Waals surface area contributed by atoms with E-state index in [1.807, 2.05) is 18.2 Å². The minimum Gasteiger partial charge on any atom is -0.464 e. The number of aromatic nitrogens is 1. The smallest absolute Gasteiger partial charge is 0.251 e. The first-order chi connectivity index (χ1) is 10.2. The lowest BCUT2D eigenvalue weighted by Crippen LogP contribution is -2.19. The maximum Gasteiger partial charge on any atom is 0.251 e. The molecule has 0 saturated carbocycles. The highest BCUT2D eigenvalue weighted by Gasteiger charge is 2.32. The van der Waals surface area contributed by atoms with Crippen molar-refractivity contribution in [2.75, 3.05) is 0 Å². The second kappa shape index (κ2) is 4.06. The molecule has 0 atom stereocenters. The van der Waals surface area contributed by atoms with E-state index in [1.165, 1.54) is 16.9 Å². The monoisotopic (exact) mass is 277 g/mol. The number of pyridine rings is 1. The van der Waals surface area contributed by atoms with Gasteiger partial charge >= 0.3 is 0 Å². The third kappa shape index (κ3) is 1.50. The summed E-state index contributed by atoms with van der Waals surface area (Å²) in [6.45, 7) is 0. The summed E-state index contributed by atoms with van der Waals surface area (Å²) in [6.07, 6.45) is 1.53. The number of rotatable bonds is 1. The normalized spacial score (nSPS) is 12.3. The number of fused-ring (bicyclic) bond motifs is 3. The van der Waals surface area contributed by atoms with Crippen molar-refractivity contribution in [3.8, 4) is 22.6 Å². The SMILES string of the molecule is Cn1c2c(c(-c3ccco3)cc1=O)C(=O)c1ccccc1-2. The molecule has 0 saturated heterocycles. The minimum absolute atomic E-state index is 0.0670. The van der Waals surface area contributed by atoms with Crippen molar-refractivity contribution in [3.63, 3.8) is 0 Å². The molecule has 0 spiro atoms. The van der Waals surface area contributed by atoms with E-state index in [-0.39, 0.29) is 11.3 Å². The molecule has 4 heteroatoms. The van der Waals surface area contributed by atoms with Gasteiger partial charge in [0.05, 0.1) is 17.5 Å². The fourth-order valence-electron chi connectivity index (χ4n) is 2.89. The Labute approximate surface area is 120 Å². The van der Waals surface area contributed by atoms with E-state index in [2.05, 4.69) is 0 Å². The van der Waals surface area contributed by atoms with E-state index < -0.39 is 0 Å². The first-order valence-corrected chi connectivity index (χ1v) is 6.60. The highest BCUT2D eigenvalue weighted by molar-refractivity contribution is 6.23. The number of carbonyl (C=O) groups is 1. The van der Waals surface area contributed by atoms with Gasteiger partial charge in [0, 0.05) is 29.8 Å². The Morgan fingerprint density at radius 3 is 2.43 bits per heavy atom. The molecule has 0 unspecified atom stereocenters. The van der Waals surface area contributed by atoms with Gasteiger partial charge in [-0.15, -0.1) is 0 Å². The summed E-state index contributed by atoms with van der Waals surface area (Å²) in [6, 6.07) is 12.3. The van der Waals surface area contributed by atoms with E-state index in [9.17, 15) is 9.59 Å². The van der Waals surface area contributed by atoms with Crippen LogP contribution in [0.2, 0.25) is 0 Å². The molecule has 0 N–H and O–H groups in total. The highest BCUT2D eigenvalue weighted by Crippen LogP contribution is 2.40. The summed E-state index contributed by atoms with van der Waals surface area (Å²) < 4.78 is 6.91. The number of hydrogen-bond donors (Lipinski definition) is 0. The van der Waals surface area contributed by atoms with Crippen LogP contribution in [0.3, 0.4) is 0 Å². The molecular formula is C17H11NO3. The van der Waals surface area contributed by atoms with Gasteiger partial charge in [0.2, 0.25) is 0 Å². The van der Waals surface area contributed by atoms with Gasteiger partial charge < -0.3 is 8.98 Å². The van der Waals surface area contributed by atoms with Crippen LogP contribution in [0.4, 0.5) is 0 Å². The minimum atomic E-state index is -0.162. The second-order valence-electron chi connectivity index (χ2n) is 5.03. The third-order valence-corrected chi connectivity index (χ3v) is 3.88. The average molecular weight is 277 g/mol. The molecule has 3 aromatic rings. The standard InChI is InChI=1S/C17H11NO3/c1-18-14(19)9-12(13-7-4-8-21-13)15-16(18)10-5-2-3-6-11(10)17(15)20/h2-9H,1H3. The van der Waals surface area contributed by atoms with Gasteiger partial charge in [0.15, 0.2) is 5.78 Å². The van der Waals surface area contributed by atoms with Crippen LogP contribution in [0.5, 0.6) is 0 Å². The zero-order chi connectivity index (χ0) is 14.6. The van der Waals surface area contributed by atoms with Crippen molar-refractivity contribution >= 4 is 5.78 Å². The van der Waals surface area contributed by atoms with Crippen LogP contribution in [-0.4, -0.2) is 10.4 Å². The summed E-state index contributed by atoms with van der Waals surface area (Å²) in [5.41, 5.74) is 3.01. The molecule has 1 aliphatic rings. The van der Waals surface area contributed by atoms with Gasteiger partial charge in [-0.3, -0.25) is 9.59 Å². The Bertz CT molecular complexity index is 933. The second-order valence-corrected chi connectivity index (χ2v) is 5.03. The highest BCUT2D eigenvalue weighted by atomic mass is 16.3. The quantitative estimate of drug-likeness (QED) is 0.537. The van der Waals surface area contributed by atoms with E-state index >= 15 is 0 Å². The van der Waals surface area contributed by atoms with Crippen molar-refractivity contribution in [2.45, 2.75) is 0 Å². The van der Waals surface area contributed by atoms with Crippen LogP contribution >= 0.6 is 0 Å². The number of furan rings is 1. The number of hydrogen-bond acceptors (Lipinski definition) is 3. The molecule has 4 nitrogen and oxygen atoms in total. The fourth-order valence-corrected chi connectivity index (χ4v) is 2.89. The fraction of sp³-hybridized carbons (Fsp3) is 0.0588. The van der Waals surface area contributed by atoms with Crippen LogP contribution in [0.1, 0.15) is 15.9 Å². The van der Waals surface area contributed by atoms with Crippen LogP contribution in [0.25, 0.3) is 22.6 Å². The lowest BCUT2D eigenvalue weighted by Gasteiger charge is -2.10. The molecule has 0 aliphatic heterocycles. The van der Waals surface area contributed by atoms with E-state index in [0.29, 0.717) is 28.1 Å². The molecular weight excluding hydrogens is 266 g/mol. The molecule has 0 bridgehead atoms. The summed E-state index contributed by atoms with van der Waals surface area (Å²) >= 11 is 0. The van der Waals surface area contributed by atoms with Crippen molar-refractivity contribution in [2.24, 2.45) is 7.05 Å². The predicted octanol–water partition coefficient (Wildman–Crippen LogP) is 2.86. The maximum atomic E-state index is 12.7. The Kier molecular flexibility index (Phi) is 2.30. The van der Waals surface area contributed by atoms with E-state index in [0.717, 1.165) is 5.56 Å². The molecule has 0 radical (unpaired) electrons. The molecule has 0 amide bonds. The van der Waals surface area contributed by atoms with Gasteiger partial charge in [-0.2, -0.15) is 0 Å². The van der Waals surface area contributed by atoms with Crippen molar-refractivity contribution in [1.29, 1.82) is 0 Å². The van der Waals surface area contributed by atoms with Crippen LogP contribution in [0.15, 0.2) is 57.9 Å². The molecule has 2 aromatic heterocycles. The topological polar surface area (TPSA) is 52.2 Å². The molecule has 102 valence electrons. The Morgan fingerprint density at radius 1 is 0.952 bits per heavy atom. The van der Waals surface area contributed by atoms with Crippen molar-refractivity contribution in [3.05, 3.63) is 70.2 Å². The van der Waals surface area contributed by atoms with Gasteiger partial charge in [-0.05, 0) is 12.1 Å². The number of nitrogens with zero attached hydrogens (tertiary/aromatic N) is 1. The molecule has 2 heterocycles. The first-order valence-electron chi connectivity index (χ1n) is 6.60. The maximum absolute atomic E-state index is 12.7. The van der Waals surface area contributed by atoms with Crippen molar-refractivity contribution in [1.82, 2.24) is 4.57 Å². The van der Waals surface area contributed by atoms with Gasteiger partial charge in [-0.1, -0.05) is 24.3 Å². The molecule has 0 fully saturated rings. The average Bonchev–Trinajstić information content (AvgIpc) is 3.11. The lowest BCUT2D eigenvalue weighted by atomic mass is 10.0. The number of ketones is 1. The lowest BCUT2D eigenvalue weighted by molar-refractivity contribution is 0.104. The molecule has 4 rings (SSSR count). The zero-order valence-electron chi connectivity index (χ0n) is 11.3. The molecule has 1 aliphatic carbocycles. The zero-order valence-corrected chi connectivity index (χ0v) is 11.3. The number of carbonyl (C=O) groups excluding carboxylic acids is 1. The summed E-state index contributed by atoms with van der Waals surface area (Å²) in [4.78, 5) is 24.9. The Balaban J connectivity index is 2.16. The summed E-state index contributed by atoms with van der Waals surface area (Å²) in [5.74, 6) is 0.465. The van der Waals surface area contributed by atoms with Gasteiger partial charge in [0.1, 0.15) is 5.76 Å².